The van der Waals surface area contributed by atoms with E-state index in [1.165, 1.54) is 0 Å². The monoisotopic (exact) mass is 232 g/mol. The zero-order valence-corrected chi connectivity index (χ0v) is 9.52. The summed E-state index contributed by atoms with van der Waals surface area (Å²) < 4.78 is 9.76. The normalized spacial score (nSPS) is 13.7. The van der Waals surface area contributed by atoms with Gasteiger partial charge in [-0.05, 0) is 20.3 Å². The van der Waals surface area contributed by atoms with Gasteiger partial charge < -0.3 is 19.7 Å². The van der Waals surface area contributed by atoms with Crippen molar-refractivity contribution < 1.29 is 29.3 Å². The van der Waals surface area contributed by atoms with Crippen LogP contribution in [0.5, 0.6) is 0 Å². The predicted octanol–water partition coefficient (Wildman–Crippen LogP) is 1.22. The van der Waals surface area contributed by atoms with Crippen LogP contribution in [0.2, 0.25) is 0 Å². The maximum atomic E-state index is 10.8. The lowest BCUT2D eigenvalue weighted by Crippen LogP contribution is -2.19. The van der Waals surface area contributed by atoms with E-state index in [2.05, 4.69) is 0 Å². The molecule has 0 bridgehead atoms. The van der Waals surface area contributed by atoms with Crippen LogP contribution in [-0.4, -0.2) is 34.9 Å². The second-order valence-corrected chi connectivity index (χ2v) is 3.04. The molecule has 0 heterocycles. The fourth-order valence-electron chi connectivity index (χ4n) is 0.854. The maximum absolute atomic E-state index is 10.8. The highest BCUT2D eigenvalue weighted by Crippen LogP contribution is 2.13. The Balaban J connectivity index is 5.14. The van der Waals surface area contributed by atoms with E-state index < -0.39 is 23.5 Å². The Labute approximate surface area is 93.5 Å². The van der Waals surface area contributed by atoms with Crippen LogP contribution in [-0.2, 0) is 19.1 Å². The third-order valence-electron chi connectivity index (χ3n) is 1.78. The van der Waals surface area contributed by atoms with E-state index in [1.807, 2.05) is 0 Å². The average Bonchev–Trinajstić information content (AvgIpc) is 2.22. The zero-order valence-electron chi connectivity index (χ0n) is 9.52. The van der Waals surface area contributed by atoms with Crippen LogP contribution in [0.25, 0.3) is 0 Å². The van der Waals surface area contributed by atoms with Crippen molar-refractivity contribution in [1.29, 1.82) is 0 Å². The summed E-state index contributed by atoms with van der Waals surface area (Å²) in [7, 11) is 0. The maximum Gasteiger partial charge on any atom is 0.375 e. The molecule has 1 unspecified atom stereocenters. The Bertz CT molecular complexity index is 294. The minimum atomic E-state index is -1.46. The van der Waals surface area contributed by atoms with Gasteiger partial charge in [0, 0.05) is 0 Å². The molecular formula is C10H16O6. The molecule has 6 nitrogen and oxygen atoms in total. The summed E-state index contributed by atoms with van der Waals surface area (Å²) in [6.07, 6.45) is 0.177. The summed E-state index contributed by atoms with van der Waals surface area (Å²) >= 11 is 0. The van der Waals surface area contributed by atoms with Crippen LogP contribution >= 0.6 is 0 Å². The van der Waals surface area contributed by atoms with Gasteiger partial charge in [-0.2, -0.15) is 0 Å². The standard InChI is InChI=1S/C10H16O6/c1-4-6(3)16-8(10(13)14)7(9(11)12)15-5-2/h6H,4-5H2,1-3H3,(H,11,12)(H,13,14)/b8-7-. The lowest BCUT2D eigenvalue weighted by molar-refractivity contribution is -0.143. The zero-order chi connectivity index (χ0) is 12.7. The number of aliphatic carboxylic acids is 2. The van der Waals surface area contributed by atoms with E-state index in [-0.39, 0.29) is 12.7 Å². The van der Waals surface area contributed by atoms with E-state index in [0.29, 0.717) is 6.42 Å². The van der Waals surface area contributed by atoms with E-state index in [9.17, 15) is 9.59 Å². The van der Waals surface area contributed by atoms with E-state index in [0.717, 1.165) is 0 Å². The average molecular weight is 232 g/mol. The topological polar surface area (TPSA) is 93.1 Å². The fraction of sp³-hybridized carbons (Fsp3) is 0.600. The van der Waals surface area contributed by atoms with Gasteiger partial charge in [-0.25, -0.2) is 9.59 Å². The highest BCUT2D eigenvalue weighted by molar-refractivity contribution is 5.95. The Hall–Kier alpha value is -1.72. The van der Waals surface area contributed by atoms with Crippen LogP contribution in [0.1, 0.15) is 27.2 Å². The molecule has 0 amide bonds. The molecule has 0 rings (SSSR count). The number of rotatable bonds is 7. The van der Waals surface area contributed by atoms with Gasteiger partial charge in [-0.15, -0.1) is 0 Å². The van der Waals surface area contributed by atoms with E-state index >= 15 is 0 Å². The van der Waals surface area contributed by atoms with Crippen LogP contribution in [0.4, 0.5) is 0 Å². The number of carboxylic acid groups (broad SMARTS) is 2. The van der Waals surface area contributed by atoms with Crippen LogP contribution in [0.15, 0.2) is 11.5 Å². The Morgan fingerprint density at radius 1 is 1.12 bits per heavy atom. The molecule has 0 aromatic heterocycles. The van der Waals surface area contributed by atoms with Gasteiger partial charge in [0.15, 0.2) is 0 Å². The second kappa shape index (κ2) is 6.71. The van der Waals surface area contributed by atoms with Crippen LogP contribution in [0.3, 0.4) is 0 Å². The molecule has 0 radical (unpaired) electrons. The van der Waals surface area contributed by atoms with Crippen LogP contribution in [0, 0.1) is 0 Å². The molecule has 0 fully saturated rings. The summed E-state index contributed by atoms with van der Waals surface area (Å²) in [5.74, 6) is -4.24. The third kappa shape index (κ3) is 4.20. The van der Waals surface area contributed by atoms with Crippen molar-refractivity contribution in [3.05, 3.63) is 11.5 Å². The van der Waals surface area contributed by atoms with Gasteiger partial charge >= 0.3 is 11.9 Å². The first-order valence-electron chi connectivity index (χ1n) is 4.94. The van der Waals surface area contributed by atoms with Crippen molar-refractivity contribution in [2.45, 2.75) is 33.3 Å². The molecule has 0 aliphatic carbocycles. The van der Waals surface area contributed by atoms with Gasteiger partial charge in [0.1, 0.15) is 0 Å². The first kappa shape index (κ1) is 14.3. The molecule has 1 atom stereocenters. The summed E-state index contributed by atoms with van der Waals surface area (Å²) in [6.45, 7) is 5.06. The molecule has 2 N–H and O–H groups in total. The number of carboxylic acids is 2. The van der Waals surface area contributed by atoms with E-state index in [4.69, 9.17) is 19.7 Å². The fourth-order valence-corrected chi connectivity index (χ4v) is 0.854. The molecule has 16 heavy (non-hydrogen) atoms. The van der Waals surface area contributed by atoms with Crippen molar-refractivity contribution >= 4 is 11.9 Å². The third-order valence-corrected chi connectivity index (χ3v) is 1.78. The van der Waals surface area contributed by atoms with Crippen molar-refractivity contribution in [2.75, 3.05) is 6.61 Å². The first-order chi connectivity index (χ1) is 7.43. The molecule has 92 valence electrons. The Morgan fingerprint density at radius 3 is 1.94 bits per heavy atom. The van der Waals surface area contributed by atoms with Crippen LogP contribution < -0.4 is 0 Å². The van der Waals surface area contributed by atoms with Crippen molar-refractivity contribution in [2.24, 2.45) is 0 Å². The van der Waals surface area contributed by atoms with E-state index in [1.54, 1.807) is 20.8 Å². The molecule has 0 aliphatic heterocycles. The highest BCUT2D eigenvalue weighted by Gasteiger charge is 2.25. The van der Waals surface area contributed by atoms with Crippen molar-refractivity contribution in [3.63, 3.8) is 0 Å². The lowest BCUT2D eigenvalue weighted by Gasteiger charge is -2.15. The number of ether oxygens (including phenoxy) is 2. The SMILES string of the molecule is CCO/C(C(=O)O)=C(\OC(C)CC)C(=O)O. The summed E-state index contributed by atoms with van der Waals surface area (Å²) in [5, 5.41) is 17.6. The number of carbonyl (C=O) groups is 2. The van der Waals surface area contributed by atoms with Gasteiger partial charge in [0.2, 0.25) is 0 Å². The number of hydrogen-bond donors (Lipinski definition) is 2. The summed E-state index contributed by atoms with van der Waals surface area (Å²) in [5.41, 5.74) is 0. The highest BCUT2D eigenvalue weighted by atomic mass is 16.6. The smallest absolute Gasteiger partial charge is 0.375 e. The largest absolute Gasteiger partial charge is 0.484 e. The molecule has 0 saturated carbocycles. The lowest BCUT2D eigenvalue weighted by atomic mass is 10.3. The van der Waals surface area contributed by atoms with Crippen molar-refractivity contribution in [1.82, 2.24) is 0 Å². The minimum Gasteiger partial charge on any atom is -0.484 e. The molecule has 0 saturated heterocycles. The summed E-state index contributed by atoms with van der Waals surface area (Å²) in [4.78, 5) is 21.6. The summed E-state index contributed by atoms with van der Waals surface area (Å²) in [6, 6.07) is 0. The van der Waals surface area contributed by atoms with Gasteiger partial charge in [0.05, 0.1) is 12.7 Å². The van der Waals surface area contributed by atoms with Gasteiger partial charge in [-0.3, -0.25) is 0 Å². The minimum absolute atomic E-state index is 0.0578. The van der Waals surface area contributed by atoms with Gasteiger partial charge in [-0.1, -0.05) is 6.92 Å². The molecular weight excluding hydrogens is 216 g/mol. The quantitative estimate of drug-likeness (QED) is 0.506. The predicted molar refractivity (Wildman–Crippen MR) is 54.8 cm³/mol. The van der Waals surface area contributed by atoms with Crippen molar-refractivity contribution in [3.8, 4) is 0 Å². The van der Waals surface area contributed by atoms with Gasteiger partial charge in [0.25, 0.3) is 11.5 Å². The molecule has 0 spiro atoms. The molecule has 0 aromatic rings. The molecule has 6 heteroatoms. The first-order valence-corrected chi connectivity index (χ1v) is 4.94. The molecule has 0 aromatic carbocycles. The number of hydrogen-bond acceptors (Lipinski definition) is 4. The Kier molecular flexibility index (Phi) is 5.99. The second-order valence-electron chi connectivity index (χ2n) is 3.04. The Morgan fingerprint density at radius 2 is 1.62 bits per heavy atom. The molecule has 0 aliphatic rings.